The maximum atomic E-state index is 14.6. The molecule has 0 unspecified atom stereocenters. The highest BCUT2D eigenvalue weighted by atomic mass is 16.6. The molecule has 1 N–H and O–H groups in total. The molecule has 0 aliphatic rings. The zero-order chi connectivity index (χ0) is 27.7. The van der Waals surface area contributed by atoms with Crippen LogP contribution in [0.5, 0.6) is 0 Å². The zero-order valence-corrected chi connectivity index (χ0v) is 22.4. The lowest BCUT2D eigenvalue weighted by Crippen LogP contribution is -2.52. The molecule has 7 heteroatoms. The van der Waals surface area contributed by atoms with Gasteiger partial charge in [0, 0.05) is 20.6 Å². The number of benzene rings is 4. The molecule has 4 aromatic rings. The summed E-state index contributed by atoms with van der Waals surface area (Å²) >= 11 is 0. The van der Waals surface area contributed by atoms with E-state index in [0.717, 1.165) is 27.7 Å². The maximum absolute atomic E-state index is 14.6. The summed E-state index contributed by atoms with van der Waals surface area (Å²) in [6.45, 7) is 0. The quantitative estimate of drug-likeness (QED) is 0.184. The summed E-state index contributed by atoms with van der Waals surface area (Å²) in [5, 5.41) is 3.05. The van der Waals surface area contributed by atoms with E-state index < -0.39 is 24.5 Å². The van der Waals surface area contributed by atoms with Gasteiger partial charge in [-0.25, -0.2) is 4.79 Å². The molecule has 0 spiro atoms. The maximum Gasteiger partial charge on any atom is 0.493 e. The smallest absolute Gasteiger partial charge is 0.467 e. The van der Waals surface area contributed by atoms with Gasteiger partial charge in [0.15, 0.2) is 0 Å². The number of ether oxygens (including phenoxy) is 1. The molecule has 0 aromatic heterocycles. The number of esters is 1. The van der Waals surface area contributed by atoms with Gasteiger partial charge < -0.3 is 19.4 Å². The van der Waals surface area contributed by atoms with Crippen molar-refractivity contribution in [3.05, 3.63) is 138 Å². The van der Waals surface area contributed by atoms with Crippen LogP contribution in [-0.4, -0.2) is 46.4 Å². The Morgan fingerprint density at radius 3 is 1.51 bits per heavy atom. The van der Waals surface area contributed by atoms with E-state index in [1.165, 1.54) is 7.11 Å². The Balaban J connectivity index is 1.76. The molecule has 0 fully saturated rings. The van der Waals surface area contributed by atoms with Crippen LogP contribution in [0.3, 0.4) is 0 Å². The van der Waals surface area contributed by atoms with E-state index in [1.54, 1.807) is 14.2 Å². The van der Waals surface area contributed by atoms with Crippen LogP contribution in [0.4, 0.5) is 0 Å². The van der Waals surface area contributed by atoms with Gasteiger partial charge in [0.25, 0.3) is 0 Å². The van der Waals surface area contributed by atoms with Gasteiger partial charge in [0.05, 0.1) is 7.11 Å². The van der Waals surface area contributed by atoms with Crippen LogP contribution in [0.25, 0.3) is 0 Å². The van der Waals surface area contributed by atoms with Crippen LogP contribution in [0, 0.1) is 0 Å². The number of methoxy groups -OCH3 is 1. The number of nitrogens with one attached hydrogen (secondary N) is 1. The fourth-order valence-electron chi connectivity index (χ4n) is 4.97. The molecule has 4 rings (SSSR count). The normalized spacial score (nSPS) is 11.9. The molecule has 1 atom stereocenters. The number of carbonyl (C=O) groups excluding carboxylic acids is 2. The Bertz CT molecular complexity index is 1250. The lowest BCUT2D eigenvalue weighted by Gasteiger charge is -2.35. The topological polar surface area (TPSA) is 73.9 Å². The number of hydrogen-bond acceptors (Lipinski definition) is 5. The van der Waals surface area contributed by atoms with Gasteiger partial charge in [-0.3, -0.25) is 4.79 Å². The lowest BCUT2D eigenvalue weighted by atomic mass is 9.68. The van der Waals surface area contributed by atoms with Crippen molar-refractivity contribution < 1.29 is 23.6 Å². The van der Waals surface area contributed by atoms with Crippen LogP contribution >= 0.6 is 0 Å². The molecular weight excluding hydrogens is 489 g/mol. The monoisotopic (exact) mass is 521 g/mol. The molecule has 6 nitrogen and oxygen atoms in total. The third-order valence-corrected chi connectivity index (χ3v) is 6.87. The van der Waals surface area contributed by atoms with Crippen molar-refractivity contribution in [1.29, 1.82) is 0 Å². The van der Waals surface area contributed by atoms with Crippen molar-refractivity contribution in [2.45, 2.75) is 17.9 Å². The highest BCUT2D eigenvalue weighted by Crippen LogP contribution is 2.39. The first kappa shape index (κ1) is 27.8. The van der Waals surface area contributed by atoms with E-state index in [0.29, 0.717) is 0 Å². The van der Waals surface area contributed by atoms with Crippen molar-refractivity contribution in [3.63, 3.8) is 0 Å². The number of amides is 1. The zero-order valence-electron chi connectivity index (χ0n) is 22.4. The molecule has 0 aliphatic carbocycles. The Morgan fingerprint density at radius 2 is 1.13 bits per heavy atom. The fraction of sp³-hybridized carbons (Fsp3) is 0.188. The first-order chi connectivity index (χ1) is 19.0. The molecule has 4 aromatic carbocycles. The number of rotatable bonds is 11. The first-order valence-electron chi connectivity index (χ1n) is 12.7. The van der Waals surface area contributed by atoms with Crippen LogP contribution < -0.4 is 10.8 Å². The first-order valence-corrected chi connectivity index (χ1v) is 12.7. The van der Waals surface area contributed by atoms with E-state index in [4.69, 9.17) is 14.0 Å². The minimum Gasteiger partial charge on any atom is -0.467 e. The Morgan fingerprint density at radius 1 is 0.692 bits per heavy atom. The summed E-state index contributed by atoms with van der Waals surface area (Å²) in [5.74, 6) is -0.848. The second-order valence-electron chi connectivity index (χ2n) is 9.15. The van der Waals surface area contributed by atoms with E-state index in [2.05, 4.69) is 5.32 Å². The summed E-state index contributed by atoms with van der Waals surface area (Å²) in [6.07, 6.45) is 0.248. The third-order valence-electron chi connectivity index (χ3n) is 6.87. The highest BCUT2D eigenvalue weighted by molar-refractivity contribution is 6.61. The van der Waals surface area contributed by atoms with Crippen LogP contribution in [0.2, 0.25) is 0 Å². The van der Waals surface area contributed by atoms with Crippen molar-refractivity contribution in [2.75, 3.05) is 21.3 Å². The van der Waals surface area contributed by atoms with Crippen molar-refractivity contribution >= 4 is 24.5 Å². The summed E-state index contributed by atoms with van der Waals surface area (Å²) in [6, 6.07) is 35.5. The molecule has 0 radical (unpaired) electrons. The summed E-state index contributed by atoms with van der Waals surface area (Å²) in [4.78, 5) is 27.5. The predicted molar refractivity (Wildman–Crippen MR) is 153 cm³/mol. The molecule has 0 saturated carbocycles. The minimum atomic E-state index is -1.20. The predicted octanol–water partition coefficient (Wildman–Crippen LogP) is 3.91. The average molecular weight is 521 g/mol. The van der Waals surface area contributed by atoms with E-state index in [9.17, 15) is 9.59 Å². The van der Waals surface area contributed by atoms with Gasteiger partial charge >= 0.3 is 13.1 Å². The van der Waals surface area contributed by atoms with Gasteiger partial charge in [-0.1, -0.05) is 115 Å². The minimum absolute atomic E-state index is 0.248. The molecule has 0 bridgehead atoms. The molecular formula is C32H32BNO5. The van der Waals surface area contributed by atoms with Gasteiger partial charge in [-0.05, 0) is 27.7 Å². The summed E-state index contributed by atoms with van der Waals surface area (Å²) < 4.78 is 15.8. The van der Waals surface area contributed by atoms with Gasteiger partial charge in [0.1, 0.15) is 11.5 Å². The molecule has 1 amide bonds. The Labute approximate surface area is 230 Å². The van der Waals surface area contributed by atoms with E-state index in [1.807, 2.05) is 115 Å². The van der Waals surface area contributed by atoms with Crippen LogP contribution in [-0.2, 0) is 35.5 Å². The summed E-state index contributed by atoms with van der Waals surface area (Å²) in [7, 11) is 3.98. The Kier molecular flexibility index (Phi) is 9.31. The van der Waals surface area contributed by atoms with E-state index in [-0.39, 0.29) is 12.3 Å². The van der Waals surface area contributed by atoms with Crippen molar-refractivity contribution in [1.82, 2.24) is 5.32 Å². The molecule has 0 aliphatic heterocycles. The summed E-state index contributed by atoms with van der Waals surface area (Å²) in [5.41, 5.74) is 2.86. The van der Waals surface area contributed by atoms with Gasteiger partial charge in [-0.15, -0.1) is 0 Å². The molecule has 0 saturated heterocycles. The van der Waals surface area contributed by atoms with Gasteiger partial charge in [0.2, 0.25) is 5.91 Å². The Hall–Kier alpha value is -4.20. The lowest BCUT2D eigenvalue weighted by molar-refractivity contribution is -0.145. The van der Waals surface area contributed by atoms with Gasteiger partial charge in [-0.2, -0.15) is 0 Å². The SMILES string of the molecule is COB(OC)c1ccc(C[C@@H](NC(=O)C(c2ccccc2)(c2ccccc2)c2ccccc2)C(=O)OC)cc1. The van der Waals surface area contributed by atoms with Crippen molar-refractivity contribution in [3.8, 4) is 0 Å². The molecule has 198 valence electrons. The standard InChI is InChI=1S/C32H32BNO5/c1-37-30(35)29(23-24-19-21-28(22-20-24)33(38-2)39-3)34-31(36)32(25-13-7-4-8-14-25,26-15-9-5-10-16-26)27-17-11-6-12-18-27/h4-22,29H,23H2,1-3H3,(H,34,36)/t29-/m1/s1. The molecule has 0 heterocycles. The average Bonchev–Trinajstić information content (AvgIpc) is 3.00. The number of hydrogen-bond donors (Lipinski definition) is 1. The third kappa shape index (κ3) is 5.95. The fourth-order valence-corrected chi connectivity index (χ4v) is 4.97. The van der Waals surface area contributed by atoms with Crippen LogP contribution in [0.1, 0.15) is 22.3 Å². The van der Waals surface area contributed by atoms with E-state index >= 15 is 0 Å². The largest absolute Gasteiger partial charge is 0.493 e. The highest BCUT2D eigenvalue weighted by Gasteiger charge is 2.45. The van der Waals surface area contributed by atoms with Crippen LogP contribution in [0.15, 0.2) is 115 Å². The molecule has 39 heavy (non-hydrogen) atoms. The second-order valence-corrected chi connectivity index (χ2v) is 9.15. The number of carbonyl (C=O) groups is 2. The second kappa shape index (κ2) is 13.0. The van der Waals surface area contributed by atoms with Crippen molar-refractivity contribution in [2.24, 2.45) is 0 Å².